The van der Waals surface area contributed by atoms with E-state index in [9.17, 15) is 41.4 Å². The first-order chi connectivity index (χ1) is 19.6. The third kappa shape index (κ3) is 8.21. The molecule has 0 spiro atoms. The van der Waals surface area contributed by atoms with Gasteiger partial charge in [0.15, 0.2) is 5.78 Å². The summed E-state index contributed by atoms with van der Waals surface area (Å²) in [6, 6.07) is 4.42. The van der Waals surface area contributed by atoms with Crippen molar-refractivity contribution in [1.29, 1.82) is 5.41 Å². The normalized spacial score (nSPS) is 18.3. The maximum atomic E-state index is 14.3. The average Bonchev–Trinajstić information content (AvgIpc) is 2.86. The summed E-state index contributed by atoms with van der Waals surface area (Å²) >= 11 is 6.04. The van der Waals surface area contributed by atoms with E-state index in [1.54, 1.807) is 13.8 Å². The maximum absolute atomic E-state index is 14.3. The van der Waals surface area contributed by atoms with Crippen LogP contribution in [0.3, 0.4) is 0 Å². The molecule has 2 N–H and O–H groups in total. The molecule has 1 aliphatic carbocycles. The molecule has 0 radical (unpaired) electrons. The SMILES string of the molecule is Cc1cc(Cl)cc(C)c1C(=O)CN(Cc1cc(F)cc(F)c1)C(=O)C(C=N)C(=NC1CCC(C(=O)O)CC1)C(F)(F)F. The zero-order valence-corrected chi connectivity index (χ0v) is 23.5. The number of Topliss-reactive ketones (excluding diaryl/α,β-unsaturated/α-hetero) is 1. The van der Waals surface area contributed by atoms with E-state index < -0.39 is 72.1 Å². The molecule has 3 rings (SSSR count). The number of hydrogen-bond donors (Lipinski definition) is 2. The lowest BCUT2D eigenvalue weighted by atomic mass is 9.86. The molecule has 2 aromatic rings. The Kier molecular flexibility index (Phi) is 10.6. The van der Waals surface area contributed by atoms with Crippen LogP contribution in [0.15, 0.2) is 35.3 Å². The van der Waals surface area contributed by atoms with Crippen LogP contribution in [-0.2, 0) is 16.1 Å². The van der Waals surface area contributed by atoms with Crippen LogP contribution in [0, 0.1) is 42.7 Å². The Balaban J connectivity index is 2.01. The highest BCUT2D eigenvalue weighted by Gasteiger charge is 2.45. The molecule has 1 amide bonds. The largest absolute Gasteiger partial charge is 0.481 e. The zero-order chi connectivity index (χ0) is 31.4. The minimum atomic E-state index is -5.15. The highest BCUT2D eigenvalue weighted by Crippen LogP contribution is 2.31. The van der Waals surface area contributed by atoms with Crippen molar-refractivity contribution in [3.05, 3.63) is 69.2 Å². The van der Waals surface area contributed by atoms with E-state index in [0.717, 1.165) is 12.1 Å². The molecule has 1 fully saturated rings. The van der Waals surface area contributed by atoms with Gasteiger partial charge in [-0.3, -0.25) is 19.4 Å². The van der Waals surface area contributed by atoms with E-state index in [2.05, 4.69) is 4.99 Å². The average molecular weight is 614 g/mol. The Hall–Kier alpha value is -3.67. The van der Waals surface area contributed by atoms with E-state index >= 15 is 0 Å². The van der Waals surface area contributed by atoms with Crippen LogP contribution in [0.4, 0.5) is 22.0 Å². The van der Waals surface area contributed by atoms with Crippen LogP contribution < -0.4 is 0 Å². The highest BCUT2D eigenvalue weighted by molar-refractivity contribution is 6.31. The van der Waals surface area contributed by atoms with Crippen molar-refractivity contribution >= 4 is 41.2 Å². The Morgan fingerprint density at radius 2 is 1.60 bits per heavy atom. The van der Waals surface area contributed by atoms with Crippen LogP contribution in [0.1, 0.15) is 52.7 Å². The van der Waals surface area contributed by atoms with Gasteiger partial charge in [-0.2, -0.15) is 13.2 Å². The van der Waals surface area contributed by atoms with Crippen molar-refractivity contribution in [3.8, 4) is 0 Å². The number of benzene rings is 2. The Labute approximate surface area is 243 Å². The number of hydrogen-bond acceptors (Lipinski definition) is 5. The van der Waals surface area contributed by atoms with E-state index in [1.165, 1.54) is 12.1 Å². The van der Waals surface area contributed by atoms with Crippen molar-refractivity contribution in [1.82, 2.24) is 4.90 Å². The van der Waals surface area contributed by atoms with Gasteiger partial charge in [-0.25, -0.2) is 8.78 Å². The molecular weight excluding hydrogens is 585 g/mol. The first-order valence-electron chi connectivity index (χ1n) is 13.0. The second kappa shape index (κ2) is 13.5. The first kappa shape index (κ1) is 32.8. The summed E-state index contributed by atoms with van der Waals surface area (Å²) in [6.07, 6.45) is -4.61. The molecule has 1 saturated carbocycles. The number of nitrogens with zero attached hydrogens (tertiary/aromatic N) is 2. The number of halogens is 6. The minimum Gasteiger partial charge on any atom is -0.481 e. The van der Waals surface area contributed by atoms with E-state index in [0.29, 0.717) is 27.1 Å². The molecule has 42 heavy (non-hydrogen) atoms. The predicted octanol–water partition coefficient (Wildman–Crippen LogP) is 6.36. The third-order valence-corrected chi connectivity index (χ3v) is 7.32. The number of aliphatic carboxylic acids is 1. The first-order valence-corrected chi connectivity index (χ1v) is 13.4. The van der Waals surface area contributed by atoms with Gasteiger partial charge in [0.25, 0.3) is 0 Å². The van der Waals surface area contributed by atoms with Gasteiger partial charge >= 0.3 is 12.1 Å². The number of carboxylic acids is 1. The molecule has 1 aliphatic rings. The number of ketones is 1. The number of carbonyl (C=O) groups excluding carboxylic acids is 2. The number of aryl methyl sites for hydroxylation is 2. The second-order valence-corrected chi connectivity index (χ2v) is 10.7. The fourth-order valence-electron chi connectivity index (χ4n) is 5.18. The summed E-state index contributed by atoms with van der Waals surface area (Å²) in [5, 5.41) is 17.3. The zero-order valence-electron chi connectivity index (χ0n) is 22.8. The van der Waals surface area contributed by atoms with E-state index in [4.69, 9.17) is 17.0 Å². The fourth-order valence-corrected chi connectivity index (χ4v) is 5.51. The molecule has 0 aliphatic heterocycles. The topological polar surface area (TPSA) is 111 Å². The van der Waals surface area contributed by atoms with Crippen LogP contribution in [0.5, 0.6) is 0 Å². The standard InChI is InChI=1S/C29H29ClF5N3O4/c1-15-7-19(30)8-16(2)25(15)24(39)14-38(13-17-9-20(31)11-21(32)10-17)27(40)23(12-36)26(29(33,34)35)37-22-5-3-18(4-6-22)28(41)42/h7-12,18,22-23,36H,3-6,13-14H2,1-2H3,(H,41,42). The van der Waals surface area contributed by atoms with Gasteiger partial charge in [0.05, 0.1) is 18.5 Å². The molecule has 0 saturated heterocycles. The Morgan fingerprint density at radius 1 is 1.05 bits per heavy atom. The monoisotopic (exact) mass is 613 g/mol. The minimum absolute atomic E-state index is 0.0371. The number of amides is 1. The summed E-state index contributed by atoms with van der Waals surface area (Å²) in [6.45, 7) is 1.78. The summed E-state index contributed by atoms with van der Waals surface area (Å²) in [4.78, 5) is 42.7. The molecule has 13 heteroatoms. The number of carbonyl (C=O) groups is 3. The smallest absolute Gasteiger partial charge is 0.430 e. The molecule has 0 heterocycles. The fraction of sp³-hybridized carbons (Fsp3) is 0.414. The summed E-state index contributed by atoms with van der Waals surface area (Å²) in [5.41, 5.74) is -0.615. The predicted molar refractivity (Wildman–Crippen MR) is 146 cm³/mol. The number of aliphatic imine (C=N–C) groups is 1. The van der Waals surface area contributed by atoms with Crippen molar-refractivity contribution < 1.29 is 41.4 Å². The molecule has 2 aromatic carbocycles. The van der Waals surface area contributed by atoms with Crippen molar-refractivity contribution in [2.75, 3.05) is 6.54 Å². The number of rotatable bonds is 10. The van der Waals surface area contributed by atoms with Gasteiger partial charge in [-0.1, -0.05) is 11.6 Å². The molecular formula is C29H29ClF5N3O4. The molecule has 226 valence electrons. The Bertz CT molecular complexity index is 1360. The van der Waals surface area contributed by atoms with Crippen LogP contribution in [0.25, 0.3) is 0 Å². The van der Waals surface area contributed by atoms with Gasteiger partial charge in [0.1, 0.15) is 23.3 Å². The number of alkyl halides is 3. The number of carboxylic acid groups (broad SMARTS) is 1. The number of nitrogens with one attached hydrogen (secondary N) is 1. The lowest BCUT2D eigenvalue weighted by molar-refractivity contribution is -0.142. The Morgan fingerprint density at radius 3 is 2.07 bits per heavy atom. The molecule has 7 nitrogen and oxygen atoms in total. The molecule has 0 bridgehead atoms. The molecule has 0 aromatic heterocycles. The van der Waals surface area contributed by atoms with Crippen LogP contribution >= 0.6 is 11.6 Å². The highest BCUT2D eigenvalue weighted by atomic mass is 35.5. The van der Waals surface area contributed by atoms with E-state index in [-0.39, 0.29) is 43.0 Å². The van der Waals surface area contributed by atoms with Crippen LogP contribution in [0.2, 0.25) is 5.02 Å². The van der Waals surface area contributed by atoms with Crippen molar-refractivity contribution in [2.24, 2.45) is 16.8 Å². The second-order valence-electron chi connectivity index (χ2n) is 10.3. The molecule has 1 unspecified atom stereocenters. The van der Waals surface area contributed by atoms with Gasteiger partial charge < -0.3 is 15.4 Å². The lowest BCUT2D eigenvalue weighted by Gasteiger charge is -2.29. The van der Waals surface area contributed by atoms with Gasteiger partial charge in [0, 0.05) is 29.4 Å². The van der Waals surface area contributed by atoms with E-state index in [1.807, 2.05) is 0 Å². The maximum Gasteiger partial charge on any atom is 0.430 e. The van der Waals surface area contributed by atoms with Gasteiger partial charge in [0.2, 0.25) is 5.91 Å². The van der Waals surface area contributed by atoms with Gasteiger partial charge in [-0.15, -0.1) is 0 Å². The quantitative estimate of drug-likeness (QED) is 0.185. The molecule has 1 atom stereocenters. The van der Waals surface area contributed by atoms with Crippen LogP contribution in [-0.4, -0.2) is 58.4 Å². The van der Waals surface area contributed by atoms with Gasteiger partial charge in [-0.05, 0) is 80.5 Å². The lowest BCUT2D eigenvalue weighted by Crippen LogP contribution is -2.46. The summed E-state index contributed by atoms with van der Waals surface area (Å²) < 4.78 is 70.7. The third-order valence-electron chi connectivity index (χ3n) is 7.10. The van der Waals surface area contributed by atoms with Crippen molar-refractivity contribution in [3.63, 3.8) is 0 Å². The summed E-state index contributed by atoms with van der Waals surface area (Å²) in [7, 11) is 0. The summed E-state index contributed by atoms with van der Waals surface area (Å²) in [5.74, 6) is -7.99. The van der Waals surface area contributed by atoms with Crippen molar-refractivity contribution in [2.45, 2.75) is 58.3 Å².